The van der Waals surface area contributed by atoms with Crippen LogP contribution in [0.15, 0.2) is 42.5 Å². The normalized spacial score (nSPS) is 17.2. The van der Waals surface area contributed by atoms with Crippen molar-refractivity contribution < 1.29 is 18.1 Å². The van der Waals surface area contributed by atoms with Gasteiger partial charge in [-0.15, -0.1) is 0 Å². The van der Waals surface area contributed by atoms with Crippen molar-refractivity contribution in [3.05, 3.63) is 59.4 Å². The lowest BCUT2D eigenvalue weighted by Crippen LogP contribution is -2.24. The number of methoxy groups -OCH3 is 1. The average molecular weight is 334 g/mol. The highest BCUT2D eigenvalue weighted by Crippen LogP contribution is 2.35. The molecule has 7 heteroatoms. The van der Waals surface area contributed by atoms with Crippen LogP contribution < -0.4 is 13.8 Å². The van der Waals surface area contributed by atoms with Gasteiger partial charge in [0.2, 0.25) is 11.2 Å². The van der Waals surface area contributed by atoms with Crippen molar-refractivity contribution in [2.24, 2.45) is 0 Å². The molecule has 120 valence electrons. The van der Waals surface area contributed by atoms with E-state index in [2.05, 4.69) is 4.72 Å². The van der Waals surface area contributed by atoms with E-state index in [-0.39, 0.29) is 18.0 Å². The number of halogens is 1. The summed E-state index contributed by atoms with van der Waals surface area (Å²) >= 11 is -1.79. The molecule has 0 saturated carbocycles. The minimum absolute atomic E-state index is 0.0287. The summed E-state index contributed by atoms with van der Waals surface area (Å²) in [6, 6.07) is 12.7. The van der Waals surface area contributed by atoms with Crippen molar-refractivity contribution in [1.82, 2.24) is 4.72 Å². The van der Waals surface area contributed by atoms with Gasteiger partial charge in [-0.05, 0) is 29.7 Å². The van der Waals surface area contributed by atoms with Crippen molar-refractivity contribution >= 4 is 22.8 Å². The summed E-state index contributed by atoms with van der Waals surface area (Å²) in [6.07, 6.45) is 0.550. The van der Waals surface area contributed by atoms with E-state index in [0.29, 0.717) is 6.42 Å². The second kappa shape index (κ2) is 6.37. The molecule has 0 aliphatic carbocycles. The highest BCUT2D eigenvalue weighted by Gasteiger charge is 2.31. The zero-order valence-electron chi connectivity index (χ0n) is 12.4. The lowest BCUT2D eigenvalue weighted by molar-refractivity contribution is -0.117. The fraction of sp³-hybridized carbons (Fsp3) is 0.188. The van der Waals surface area contributed by atoms with Crippen molar-refractivity contribution in [2.75, 3.05) is 18.0 Å². The largest absolute Gasteiger partial charge is 0.494 e. The number of amides is 1. The number of hydrogen-bond acceptors (Lipinski definition) is 3. The van der Waals surface area contributed by atoms with Gasteiger partial charge in [0.05, 0.1) is 7.11 Å². The van der Waals surface area contributed by atoms with Crippen LogP contribution in [0.5, 0.6) is 5.75 Å². The molecule has 0 radical (unpaired) electrons. The molecule has 0 aromatic heterocycles. The Morgan fingerprint density at radius 2 is 2.00 bits per heavy atom. The maximum Gasteiger partial charge on any atom is 0.253 e. The van der Waals surface area contributed by atoms with Gasteiger partial charge in [-0.3, -0.25) is 13.8 Å². The standard InChI is InChI=1S/C16H15FN2O3S/c1-22-14-9-12(7-11-5-3-2-4-6-11)8-13(17)16(14)19-10-15(20)18-23(19)21/h2-6,8-9H,7,10H2,1H3,(H,18,20). The first-order valence-corrected chi connectivity index (χ1v) is 8.08. The zero-order valence-corrected chi connectivity index (χ0v) is 13.2. The molecule has 1 aliphatic heterocycles. The summed E-state index contributed by atoms with van der Waals surface area (Å²) in [5, 5.41) is 0. The molecule has 2 aromatic rings. The molecule has 5 nitrogen and oxygen atoms in total. The quantitative estimate of drug-likeness (QED) is 0.930. The molecule has 1 heterocycles. The molecule has 1 unspecified atom stereocenters. The fourth-order valence-corrected chi connectivity index (χ4v) is 3.44. The summed E-state index contributed by atoms with van der Waals surface area (Å²) in [7, 11) is 1.42. The lowest BCUT2D eigenvalue weighted by atomic mass is 10.0. The fourth-order valence-electron chi connectivity index (χ4n) is 2.49. The Morgan fingerprint density at radius 3 is 2.61 bits per heavy atom. The Labute approximate surface area is 135 Å². The van der Waals surface area contributed by atoms with Crippen LogP contribution in [0.4, 0.5) is 10.1 Å². The third-order valence-electron chi connectivity index (χ3n) is 3.50. The Bertz CT molecular complexity index is 767. The van der Waals surface area contributed by atoms with Gasteiger partial charge in [0.15, 0.2) is 5.82 Å². The van der Waals surface area contributed by atoms with E-state index in [0.717, 1.165) is 15.4 Å². The van der Waals surface area contributed by atoms with E-state index in [1.165, 1.54) is 13.2 Å². The third-order valence-corrected chi connectivity index (χ3v) is 4.61. The molecule has 3 rings (SSSR count). The molecule has 1 N–H and O–H groups in total. The van der Waals surface area contributed by atoms with Crippen molar-refractivity contribution in [3.8, 4) is 5.75 Å². The predicted octanol–water partition coefficient (Wildman–Crippen LogP) is 1.94. The Kier molecular flexibility index (Phi) is 4.29. The van der Waals surface area contributed by atoms with Crippen LogP contribution >= 0.6 is 0 Å². The second-order valence-electron chi connectivity index (χ2n) is 5.10. The molecule has 23 heavy (non-hydrogen) atoms. The molecule has 0 bridgehead atoms. The third kappa shape index (κ3) is 3.19. The molecule has 1 amide bonds. The highest BCUT2D eigenvalue weighted by atomic mass is 32.2. The number of rotatable bonds is 4. The maximum absolute atomic E-state index is 14.6. The summed E-state index contributed by atoms with van der Waals surface area (Å²) in [5.74, 6) is -0.737. The van der Waals surface area contributed by atoms with Gasteiger partial charge < -0.3 is 4.74 Å². The van der Waals surface area contributed by atoms with Crippen LogP contribution in [0.3, 0.4) is 0 Å². The van der Waals surface area contributed by atoms with Gasteiger partial charge in [-0.25, -0.2) is 8.60 Å². The van der Waals surface area contributed by atoms with E-state index in [1.54, 1.807) is 6.07 Å². The van der Waals surface area contributed by atoms with Gasteiger partial charge >= 0.3 is 0 Å². The molecule has 1 aliphatic rings. The molecule has 2 aromatic carbocycles. The van der Waals surface area contributed by atoms with Crippen LogP contribution in [0, 0.1) is 5.82 Å². The van der Waals surface area contributed by atoms with Crippen molar-refractivity contribution in [1.29, 1.82) is 0 Å². The smallest absolute Gasteiger partial charge is 0.253 e. The summed E-state index contributed by atoms with van der Waals surface area (Å²) in [6.45, 7) is -0.169. The number of anilines is 1. The summed E-state index contributed by atoms with van der Waals surface area (Å²) in [4.78, 5) is 11.3. The number of nitrogens with one attached hydrogen (secondary N) is 1. The van der Waals surface area contributed by atoms with Gasteiger partial charge in [0, 0.05) is 0 Å². The summed E-state index contributed by atoms with van der Waals surface area (Å²) < 4.78 is 35.1. The number of hydrogen-bond donors (Lipinski definition) is 1. The van der Waals surface area contributed by atoms with Crippen molar-refractivity contribution in [3.63, 3.8) is 0 Å². The number of carbonyl (C=O) groups excluding carboxylic acids is 1. The predicted molar refractivity (Wildman–Crippen MR) is 85.8 cm³/mol. The minimum Gasteiger partial charge on any atom is -0.494 e. The topological polar surface area (TPSA) is 58.6 Å². The van der Waals surface area contributed by atoms with E-state index < -0.39 is 22.9 Å². The number of nitrogens with zero attached hydrogens (tertiary/aromatic N) is 1. The molecule has 0 spiro atoms. The van der Waals surface area contributed by atoms with Gasteiger partial charge in [-0.2, -0.15) is 0 Å². The van der Waals surface area contributed by atoms with E-state index in [9.17, 15) is 13.4 Å². The van der Waals surface area contributed by atoms with Gasteiger partial charge in [0.25, 0.3) is 5.91 Å². The molecular formula is C16H15FN2O3S. The zero-order chi connectivity index (χ0) is 16.4. The number of carbonyl (C=O) groups is 1. The van der Waals surface area contributed by atoms with E-state index in [4.69, 9.17) is 4.74 Å². The van der Waals surface area contributed by atoms with Crippen LogP contribution in [-0.4, -0.2) is 23.8 Å². The first-order chi connectivity index (χ1) is 11.1. The van der Waals surface area contributed by atoms with E-state index in [1.807, 2.05) is 30.3 Å². The number of benzene rings is 2. The van der Waals surface area contributed by atoms with Gasteiger partial charge in [-0.1, -0.05) is 30.3 Å². The first-order valence-electron chi connectivity index (χ1n) is 6.97. The number of ether oxygens (including phenoxy) is 1. The van der Waals surface area contributed by atoms with Crippen LogP contribution in [0.25, 0.3) is 0 Å². The Hall–Kier alpha value is -2.41. The highest BCUT2D eigenvalue weighted by molar-refractivity contribution is 7.85. The monoisotopic (exact) mass is 334 g/mol. The lowest BCUT2D eigenvalue weighted by Gasteiger charge is -2.19. The maximum atomic E-state index is 14.6. The van der Waals surface area contributed by atoms with Crippen LogP contribution in [0.1, 0.15) is 11.1 Å². The molecule has 1 saturated heterocycles. The minimum atomic E-state index is -1.79. The van der Waals surface area contributed by atoms with E-state index >= 15 is 0 Å². The van der Waals surface area contributed by atoms with Crippen molar-refractivity contribution in [2.45, 2.75) is 6.42 Å². The van der Waals surface area contributed by atoms with Crippen LogP contribution in [-0.2, 0) is 22.4 Å². The van der Waals surface area contributed by atoms with Crippen LogP contribution in [0.2, 0.25) is 0 Å². The Balaban J connectivity index is 1.96. The first kappa shape index (κ1) is 15.5. The molecular weight excluding hydrogens is 319 g/mol. The molecule has 1 fully saturated rings. The van der Waals surface area contributed by atoms with Gasteiger partial charge in [0.1, 0.15) is 18.0 Å². The SMILES string of the molecule is COc1cc(Cc2ccccc2)cc(F)c1N1CC(=O)NS1=O. The summed E-state index contributed by atoms with van der Waals surface area (Å²) in [5.41, 5.74) is 1.81. The average Bonchev–Trinajstić information content (AvgIpc) is 2.86. The second-order valence-corrected chi connectivity index (χ2v) is 6.25. The molecule has 1 atom stereocenters. The Morgan fingerprint density at radius 1 is 1.26 bits per heavy atom.